The van der Waals surface area contributed by atoms with Crippen molar-refractivity contribution < 1.29 is 0 Å². The molecule has 5 nitrogen and oxygen atoms in total. The van der Waals surface area contributed by atoms with E-state index < -0.39 is 0 Å². The van der Waals surface area contributed by atoms with Gasteiger partial charge in [-0.25, -0.2) is 15.8 Å². The maximum Gasteiger partial charge on any atom is 0.145 e. The van der Waals surface area contributed by atoms with Gasteiger partial charge in [-0.2, -0.15) is 11.3 Å². The first-order valence-electron chi connectivity index (χ1n) is 6.45. The van der Waals surface area contributed by atoms with Crippen molar-refractivity contribution in [2.75, 3.05) is 17.3 Å². The summed E-state index contributed by atoms with van der Waals surface area (Å²) in [4.78, 5) is 8.93. The van der Waals surface area contributed by atoms with E-state index in [-0.39, 0.29) is 0 Å². The van der Waals surface area contributed by atoms with Crippen LogP contribution in [-0.2, 0) is 6.42 Å². The average Bonchev–Trinajstić information content (AvgIpc) is 3.17. The predicted octanol–water partition coefficient (Wildman–Crippen LogP) is 2.36. The number of hydrogen-bond donors (Lipinski definition) is 3. The molecule has 0 aliphatic heterocycles. The molecule has 0 atom stereocenters. The number of nitrogen functional groups attached to an aromatic ring is 1. The van der Waals surface area contributed by atoms with E-state index in [9.17, 15) is 0 Å². The minimum absolute atomic E-state index is 0.519. The maximum absolute atomic E-state index is 5.45. The predicted molar refractivity (Wildman–Crippen MR) is 78.3 cm³/mol. The molecule has 19 heavy (non-hydrogen) atoms. The Kier molecular flexibility index (Phi) is 3.61. The lowest BCUT2D eigenvalue weighted by molar-refractivity contribution is 0.915. The number of aromatic nitrogens is 2. The molecule has 4 N–H and O–H groups in total. The summed E-state index contributed by atoms with van der Waals surface area (Å²) in [7, 11) is 0. The fourth-order valence-corrected chi connectivity index (χ4v) is 2.63. The molecule has 1 saturated carbocycles. The molecule has 1 aliphatic rings. The summed E-state index contributed by atoms with van der Waals surface area (Å²) in [5.74, 6) is 8.39. The Balaban J connectivity index is 1.64. The molecule has 2 aromatic rings. The van der Waals surface area contributed by atoms with Gasteiger partial charge in [0.15, 0.2) is 0 Å². The van der Waals surface area contributed by atoms with Crippen molar-refractivity contribution in [1.82, 2.24) is 9.97 Å². The molecule has 0 amide bonds. The van der Waals surface area contributed by atoms with Crippen molar-refractivity contribution in [1.29, 1.82) is 0 Å². The first-order chi connectivity index (χ1) is 9.35. The van der Waals surface area contributed by atoms with Gasteiger partial charge in [-0.15, -0.1) is 0 Å². The molecule has 100 valence electrons. The van der Waals surface area contributed by atoms with Crippen LogP contribution in [-0.4, -0.2) is 16.5 Å². The second-order valence-corrected chi connectivity index (χ2v) is 5.50. The minimum atomic E-state index is 0.519. The fraction of sp³-hybridized carbons (Fsp3) is 0.385. The number of rotatable bonds is 6. The van der Waals surface area contributed by atoms with Gasteiger partial charge in [0.2, 0.25) is 0 Å². The lowest BCUT2D eigenvalue weighted by Gasteiger charge is -2.09. The SMILES string of the molecule is NNc1cc(NCCc2ccsc2)nc(C2CC2)n1. The summed E-state index contributed by atoms with van der Waals surface area (Å²) in [5.41, 5.74) is 3.96. The van der Waals surface area contributed by atoms with Crippen LogP contribution in [0.2, 0.25) is 0 Å². The van der Waals surface area contributed by atoms with Gasteiger partial charge in [-0.3, -0.25) is 0 Å². The highest BCUT2D eigenvalue weighted by molar-refractivity contribution is 7.07. The Bertz CT molecular complexity index is 536. The van der Waals surface area contributed by atoms with Crippen LogP contribution in [0.1, 0.15) is 30.1 Å². The summed E-state index contributed by atoms with van der Waals surface area (Å²) in [5, 5.41) is 7.61. The second-order valence-electron chi connectivity index (χ2n) is 4.72. The van der Waals surface area contributed by atoms with E-state index in [0.29, 0.717) is 11.7 Å². The Morgan fingerprint density at radius 3 is 2.84 bits per heavy atom. The molecule has 1 fully saturated rings. The second kappa shape index (κ2) is 5.54. The number of nitrogens with zero attached hydrogens (tertiary/aromatic N) is 2. The van der Waals surface area contributed by atoms with E-state index in [1.165, 1.54) is 18.4 Å². The molecule has 1 aliphatic carbocycles. The van der Waals surface area contributed by atoms with Crippen molar-refractivity contribution >= 4 is 23.0 Å². The number of anilines is 2. The third kappa shape index (κ3) is 3.21. The van der Waals surface area contributed by atoms with E-state index in [2.05, 4.69) is 37.5 Å². The van der Waals surface area contributed by atoms with Crippen molar-refractivity contribution in [3.05, 3.63) is 34.3 Å². The van der Waals surface area contributed by atoms with E-state index in [0.717, 1.165) is 24.6 Å². The minimum Gasteiger partial charge on any atom is -0.370 e. The summed E-state index contributed by atoms with van der Waals surface area (Å²) >= 11 is 1.73. The molecular weight excluding hydrogens is 258 g/mol. The van der Waals surface area contributed by atoms with Crippen LogP contribution < -0.4 is 16.6 Å². The number of nitrogens with two attached hydrogens (primary N) is 1. The molecule has 0 saturated heterocycles. The van der Waals surface area contributed by atoms with E-state index in [1.54, 1.807) is 11.3 Å². The number of nitrogens with one attached hydrogen (secondary N) is 2. The monoisotopic (exact) mass is 275 g/mol. The zero-order valence-electron chi connectivity index (χ0n) is 10.6. The zero-order chi connectivity index (χ0) is 13.1. The molecule has 2 aromatic heterocycles. The Hall–Kier alpha value is -1.66. The zero-order valence-corrected chi connectivity index (χ0v) is 11.4. The van der Waals surface area contributed by atoms with Gasteiger partial charge in [0.05, 0.1) is 0 Å². The van der Waals surface area contributed by atoms with Gasteiger partial charge >= 0.3 is 0 Å². The van der Waals surface area contributed by atoms with Gasteiger partial charge in [-0.1, -0.05) is 0 Å². The molecule has 0 unspecified atom stereocenters. The van der Waals surface area contributed by atoms with Crippen molar-refractivity contribution in [3.63, 3.8) is 0 Å². The van der Waals surface area contributed by atoms with Crippen LogP contribution in [0.15, 0.2) is 22.9 Å². The smallest absolute Gasteiger partial charge is 0.145 e. The number of hydrogen-bond acceptors (Lipinski definition) is 6. The molecular formula is C13H17N5S. The quantitative estimate of drug-likeness (QED) is 0.557. The number of hydrazine groups is 1. The van der Waals surface area contributed by atoms with Crippen molar-refractivity contribution in [2.24, 2.45) is 5.84 Å². The molecule has 2 heterocycles. The summed E-state index contributed by atoms with van der Waals surface area (Å²) < 4.78 is 0. The summed E-state index contributed by atoms with van der Waals surface area (Å²) in [6, 6.07) is 3.99. The van der Waals surface area contributed by atoms with Gasteiger partial charge in [0.25, 0.3) is 0 Å². The normalized spacial score (nSPS) is 14.4. The molecule has 6 heteroatoms. The van der Waals surface area contributed by atoms with E-state index in [1.807, 2.05) is 6.07 Å². The Labute approximate surface area is 116 Å². The van der Waals surface area contributed by atoms with Gasteiger partial charge in [0.1, 0.15) is 17.5 Å². The van der Waals surface area contributed by atoms with E-state index in [4.69, 9.17) is 5.84 Å². The van der Waals surface area contributed by atoms with Crippen molar-refractivity contribution in [2.45, 2.75) is 25.2 Å². The third-order valence-corrected chi connectivity index (χ3v) is 3.87. The van der Waals surface area contributed by atoms with Crippen LogP contribution in [0.4, 0.5) is 11.6 Å². The first kappa shape index (κ1) is 12.4. The molecule has 3 rings (SSSR count). The molecule has 0 radical (unpaired) electrons. The standard InChI is InChI=1S/C13H17N5S/c14-18-12-7-11(16-13(17-12)10-1-2-10)15-5-3-9-4-6-19-8-9/h4,6-8,10H,1-3,5,14H2,(H2,15,16,17,18). The Morgan fingerprint density at radius 2 is 2.16 bits per heavy atom. The molecule has 0 aromatic carbocycles. The van der Waals surface area contributed by atoms with Crippen LogP contribution >= 0.6 is 11.3 Å². The van der Waals surface area contributed by atoms with E-state index >= 15 is 0 Å². The largest absolute Gasteiger partial charge is 0.370 e. The summed E-state index contributed by atoms with van der Waals surface area (Å²) in [6.45, 7) is 0.863. The van der Waals surface area contributed by atoms with Crippen LogP contribution in [0.5, 0.6) is 0 Å². The third-order valence-electron chi connectivity index (χ3n) is 3.13. The average molecular weight is 275 g/mol. The molecule has 0 bridgehead atoms. The number of thiophene rings is 1. The molecule has 0 spiro atoms. The topological polar surface area (TPSA) is 75.9 Å². The Morgan fingerprint density at radius 1 is 1.32 bits per heavy atom. The highest BCUT2D eigenvalue weighted by atomic mass is 32.1. The summed E-state index contributed by atoms with van der Waals surface area (Å²) in [6.07, 6.45) is 3.36. The van der Waals surface area contributed by atoms with Crippen LogP contribution in [0.3, 0.4) is 0 Å². The van der Waals surface area contributed by atoms with Crippen LogP contribution in [0.25, 0.3) is 0 Å². The lowest BCUT2D eigenvalue weighted by Crippen LogP contribution is -2.13. The first-order valence-corrected chi connectivity index (χ1v) is 7.40. The highest BCUT2D eigenvalue weighted by Crippen LogP contribution is 2.38. The van der Waals surface area contributed by atoms with Gasteiger partial charge in [0, 0.05) is 18.5 Å². The van der Waals surface area contributed by atoms with Crippen molar-refractivity contribution in [3.8, 4) is 0 Å². The maximum atomic E-state index is 5.45. The van der Waals surface area contributed by atoms with Gasteiger partial charge < -0.3 is 10.7 Å². The fourth-order valence-electron chi connectivity index (χ4n) is 1.92. The van der Waals surface area contributed by atoms with Gasteiger partial charge in [-0.05, 0) is 41.7 Å². The lowest BCUT2D eigenvalue weighted by atomic mass is 10.2. The van der Waals surface area contributed by atoms with Crippen LogP contribution in [0, 0.1) is 0 Å². The highest BCUT2D eigenvalue weighted by Gasteiger charge is 2.27.